The van der Waals surface area contributed by atoms with Gasteiger partial charge in [0.2, 0.25) is 0 Å². The zero-order valence-electron chi connectivity index (χ0n) is 41.6. The predicted molar refractivity (Wildman–Crippen MR) is 271 cm³/mol. The van der Waals surface area contributed by atoms with Crippen molar-refractivity contribution in [2.75, 3.05) is 25.6 Å². The molecule has 1 aromatic heterocycles. The van der Waals surface area contributed by atoms with Crippen molar-refractivity contribution in [3.63, 3.8) is 0 Å². The number of aromatic nitrogens is 2. The summed E-state index contributed by atoms with van der Waals surface area (Å²) in [7, 11) is -10.9. The summed E-state index contributed by atoms with van der Waals surface area (Å²) in [5.41, 5.74) is 4.57. The molecular weight excluding hydrogens is 961 g/mol. The number of carbonyl (C=O) groups is 2. The number of ether oxygens (including phenoxy) is 3. The molecule has 71 heavy (non-hydrogen) atoms. The second kappa shape index (κ2) is 37.8. The van der Waals surface area contributed by atoms with Crippen LogP contribution in [0.4, 0.5) is 5.82 Å². The van der Waals surface area contributed by atoms with Gasteiger partial charge < -0.3 is 45.1 Å². The van der Waals surface area contributed by atoms with Gasteiger partial charge in [-0.2, -0.15) is 9.29 Å². The van der Waals surface area contributed by atoms with Crippen LogP contribution in [0.1, 0.15) is 155 Å². The standard InChI is InChI=1S/C50H81N3O16P2/c1-3-5-7-9-11-13-15-17-18-20-22-24-26-28-30-34-46(56)67-42(38-64-45(55)35-31-33-41(54)32-29-27-25-23-21-19-16-14-12-10-8-6-4-2)39-65-70(60,61)69-71(62,63)66-40-43-47(57)48(58)49(68-43)53-37-36-44(51)52-50(53)59/h11-14,17-19,21,25,27,29,32,36-37,41-43,47-49,54,57-58H,3-10,15-16,20,22-24,26,28,30-31,33-35,38-40H2,1-2H3,(H,60,61)(H,62,63)(H2,51,52,59)/b13-11-,14-12-,18-17-,21-19-,27-25-,32-29+/t41-,42-,43-,47-,48-,49-/m1/s1. The molecule has 0 saturated carbocycles. The van der Waals surface area contributed by atoms with Crippen LogP contribution in [0.15, 0.2) is 90.0 Å². The molecule has 19 nitrogen and oxygen atoms in total. The zero-order valence-corrected chi connectivity index (χ0v) is 43.4. The van der Waals surface area contributed by atoms with Crippen molar-refractivity contribution in [1.29, 1.82) is 0 Å². The average Bonchev–Trinajstić information content (AvgIpc) is 3.60. The minimum absolute atomic E-state index is 0.00975. The Kier molecular flexibility index (Phi) is 33.7. The fourth-order valence-electron chi connectivity index (χ4n) is 6.92. The molecule has 2 rings (SSSR count). The number of carbonyl (C=O) groups excluding carboxylic acids is 2. The van der Waals surface area contributed by atoms with Crippen LogP contribution in [0.2, 0.25) is 0 Å². The molecule has 1 fully saturated rings. The van der Waals surface area contributed by atoms with Gasteiger partial charge in [-0.15, -0.1) is 0 Å². The molecule has 0 aliphatic carbocycles. The number of nitrogen functional groups attached to an aromatic ring is 1. The first kappa shape index (κ1) is 63.3. The summed E-state index contributed by atoms with van der Waals surface area (Å²) in [5.74, 6) is -1.53. The Balaban J connectivity index is 1.87. The zero-order chi connectivity index (χ0) is 52.2. The van der Waals surface area contributed by atoms with Crippen molar-refractivity contribution < 1.29 is 71.4 Å². The molecule has 0 amide bonds. The number of phosphoric ester groups is 2. The minimum atomic E-state index is -5.47. The molecule has 1 aromatic rings. The van der Waals surface area contributed by atoms with Gasteiger partial charge in [-0.25, -0.2) is 13.9 Å². The summed E-state index contributed by atoms with van der Waals surface area (Å²) in [5, 5.41) is 31.2. The summed E-state index contributed by atoms with van der Waals surface area (Å²) in [6, 6.07) is 1.24. The van der Waals surface area contributed by atoms with Gasteiger partial charge in [0.15, 0.2) is 12.3 Å². The predicted octanol–water partition coefficient (Wildman–Crippen LogP) is 9.08. The molecule has 0 aromatic carbocycles. The van der Waals surface area contributed by atoms with Crippen molar-refractivity contribution >= 4 is 33.4 Å². The van der Waals surface area contributed by atoms with E-state index in [0.717, 1.165) is 75.0 Å². The van der Waals surface area contributed by atoms with E-state index in [1.807, 2.05) is 12.2 Å². The van der Waals surface area contributed by atoms with E-state index in [1.54, 1.807) is 12.2 Å². The molecule has 2 unspecified atom stereocenters. The molecule has 7 N–H and O–H groups in total. The Bertz CT molecular complexity index is 1990. The number of aliphatic hydroxyl groups excluding tert-OH is 3. The molecular formula is C50H81N3O16P2. The Morgan fingerprint density at radius 2 is 1.31 bits per heavy atom. The third kappa shape index (κ3) is 30.7. The van der Waals surface area contributed by atoms with Crippen molar-refractivity contribution in [3.05, 3.63) is 95.7 Å². The first-order valence-corrected chi connectivity index (χ1v) is 28.0. The Labute approximate surface area is 419 Å². The summed E-state index contributed by atoms with van der Waals surface area (Å²) in [6.07, 6.45) is 34.4. The summed E-state index contributed by atoms with van der Waals surface area (Å²) >= 11 is 0. The normalized spacial score (nSPS) is 20.2. The highest BCUT2D eigenvalue weighted by molar-refractivity contribution is 7.61. The number of nitrogens with two attached hydrogens (primary N) is 1. The van der Waals surface area contributed by atoms with Gasteiger partial charge >= 0.3 is 33.3 Å². The van der Waals surface area contributed by atoms with E-state index in [-0.39, 0.29) is 31.5 Å². The summed E-state index contributed by atoms with van der Waals surface area (Å²) in [6.45, 7) is 1.88. The third-order valence-corrected chi connectivity index (χ3v) is 13.5. The topological polar surface area (TPSA) is 286 Å². The molecule has 2 heterocycles. The highest BCUT2D eigenvalue weighted by Gasteiger charge is 2.46. The maximum absolute atomic E-state index is 12.9. The lowest BCUT2D eigenvalue weighted by atomic mass is 10.1. The maximum atomic E-state index is 12.9. The van der Waals surface area contributed by atoms with E-state index < -0.39 is 89.8 Å². The monoisotopic (exact) mass is 1040 g/mol. The number of hydrogen-bond donors (Lipinski definition) is 6. The van der Waals surface area contributed by atoms with Crippen molar-refractivity contribution in [2.24, 2.45) is 0 Å². The first-order valence-electron chi connectivity index (χ1n) is 25.1. The fourth-order valence-corrected chi connectivity index (χ4v) is 9.03. The van der Waals surface area contributed by atoms with E-state index >= 15 is 0 Å². The van der Waals surface area contributed by atoms with Gasteiger partial charge in [-0.05, 0) is 83.1 Å². The number of nitrogens with zero attached hydrogens (tertiary/aromatic N) is 2. The van der Waals surface area contributed by atoms with Gasteiger partial charge in [0.1, 0.15) is 30.7 Å². The lowest BCUT2D eigenvalue weighted by Crippen LogP contribution is -2.36. The van der Waals surface area contributed by atoms with Crippen LogP contribution < -0.4 is 11.4 Å². The number of esters is 2. The van der Waals surface area contributed by atoms with Crippen LogP contribution in [-0.2, 0) is 46.3 Å². The first-order chi connectivity index (χ1) is 34.1. The van der Waals surface area contributed by atoms with E-state index in [2.05, 4.69) is 71.8 Å². The number of anilines is 1. The largest absolute Gasteiger partial charge is 0.481 e. The molecule has 21 heteroatoms. The Morgan fingerprint density at radius 1 is 0.746 bits per heavy atom. The van der Waals surface area contributed by atoms with E-state index in [0.29, 0.717) is 6.42 Å². The number of unbranched alkanes of at least 4 members (excludes halogenated alkanes) is 11. The van der Waals surface area contributed by atoms with Crippen molar-refractivity contribution in [2.45, 2.75) is 185 Å². The van der Waals surface area contributed by atoms with Crippen LogP contribution >= 0.6 is 15.6 Å². The quantitative estimate of drug-likeness (QED) is 0.0117. The maximum Gasteiger partial charge on any atom is 0.481 e. The Morgan fingerprint density at radius 3 is 1.94 bits per heavy atom. The third-order valence-electron chi connectivity index (χ3n) is 10.9. The van der Waals surface area contributed by atoms with Gasteiger partial charge in [0.25, 0.3) is 0 Å². The number of phosphoric acid groups is 2. The minimum Gasteiger partial charge on any atom is -0.462 e. The SMILES string of the molecule is CCCCC/C=C\C/C=C\C/C=C\C=C\[C@@H](O)CCCC(=O)OC[C@H](COP(=O)(O)OP(=O)(O)OC[C@H]1O[C@@H](n2ccc(N)nc2=O)[C@H](O)[C@@H]1O)OC(=O)CCCCCCC/C=C\C/C=C\CCCCC. The Hall–Kier alpha value is -3.84. The summed E-state index contributed by atoms with van der Waals surface area (Å²) in [4.78, 5) is 61.9. The van der Waals surface area contributed by atoms with Crippen molar-refractivity contribution in [1.82, 2.24) is 9.55 Å². The van der Waals surface area contributed by atoms with Crippen LogP contribution in [0, 0.1) is 0 Å². The molecule has 402 valence electrons. The fraction of sp³-hybridized carbons (Fsp3) is 0.640. The lowest BCUT2D eigenvalue weighted by Gasteiger charge is -2.21. The lowest BCUT2D eigenvalue weighted by molar-refractivity contribution is -0.161. The van der Waals surface area contributed by atoms with Gasteiger partial charge in [0, 0.05) is 19.0 Å². The van der Waals surface area contributed by atoms with E-state index in [4.69, 9.17) is 29.0 Å². The highest BCUT2D eigenvalue weighted by atomic mass is 31.3. The molecule has 8 atom stereocenters. The smallest absolute Gasteiger partial charge is 0.462 e. The molecule has 0 bridgehead atoms. The molecule has 0 spiro atoms. The average molecular weight is 1040 g/mol. The highest BCUT2D eigenvalue weighted by Crippen LogP contribution is 2.60. The van der Waals surface area contributed by atoms with Gasteiger partial charge in [0.05, 0.1) is 19.3 Å². The van der Waals surface area contributed by atoms with Crippen LogP contribution in [0.25, 0.3) is 0 Å². The van der Waals surface area contributed by atoms with Crippen LogP contribution in [0.3, 0.4) is 0 Å². The molecule has 1 aliphatic rings. The van der Waals surface area contributed by atoms with Crippen molar-refractivity contribution in [3.8, 4) is 0 Å². The number of hydrogen-bond acceptors (Lipinski definition) is 16. The second-order valence-corrected chi connectivity index (χ2v) is 20.2. The number of rotatable bonds is 40. The molecule has 0 radical (unpaired) electrons. The molecule has 1 saturated heterocycles. The van der Waals surface area contributed by atoms with Gasteiger partial charge in [-0.1, -0.05) is 132 Å². The molecule has 1 aliphatic heterocycles. The summed E-state index contributed by atoms with van der Waals surface area (Å²) < 4.78 is 56.6. The van der Waals surface area contributed by atoms with Crippen LogP contribution in [-0.4, -0.2) is 96.9 Å². The van der Waals surface area contributed by atoms with E-state index in [1.165, 1.54) is 44.6 Å². The number of aliphatic hydroxyl groups is 3. The van der Waals surface area contributed by atoms with E-state index in [9.17, 15) is 48.6 Å². The van der Waals surface area contributed by atoms with Crippen LogP contribution in [0.5, 0.6) is 0 Å². The number of allylic oxidation sites excluding steroid dienone is 11. The van der Waals surface area contributed by atoms with Gasteiger partial charge in [-0.3, -0.25) is 23.2 Å². The second-order valence-electron chi connectivity index (χ2n) is 17.2.